The molecule has 44 heavy (non-hydrogen) atoms. The zero-order valence-electron chi connectivity index (χ0n) is 25.9. The van der Waals surface area contributed by atoms with E-state index in [1.54, 1.807) is 33.7 Å². The molecule has 3 aliphatic rings. The Morgan fingerprint density at radius 1 is 1.02 bits per heavy atom. The Morgan fingerprint density at radius 2 is 1.66 bits per heavy atom. The Morgan fingerprint density at radius 3 is 2.27 bits per heavy atom. The molecule has 0 aromatic heterocycles. The van der Waals surface area contributed by atoms with Gasteiger partial charge in [0.2, 0.25) is 17.7 Å². The summed E-state index contributed by atoms with van der Waals surface area (Å²) in [5.74, 6) is -1.69. The highest BCUT2D eigenvalue weighted by Gasteiger charge is 2.78. The van der Waals surface area contributed by atoms with E-state index in [4.69, 9.17) is 0 Å². The monoisotopic (exact) mass is 615 g/mol. The van der Waals surface area contributed by atoms with Gasteiger partial charge in [-0.3, -0.25) is 14.4 Å². The van der Waals surface area contributed by atoms with Crippen molar-refractivity contribution in [3.8, 4) is 0 Å². The minimum atomic E-state index is -0.805. The van der Waals surface area contributed by atoms with Gasteiger partial charge in [-0.25, -0.2) is 0 Å². The number of likely N-dealkylation sites (tertiary alicyclic amines) is 1. The van der Waals surface area contributed by atoms with Crippen LogP contribution in [0.4, 0.5) is 0 Å². The van der Waals surface area contributed by atoms with Crippen LogP contribution >= 0.6 is 11.8 Å². The van der Waals surface area contributed by atoms with Crippen LogP contribution < -0.4 is 0 Å². The third kappa shape index (κ3) is 5.51. The smallest absolute Gasteiger partial charge is 0.247 e. The van der Waals surface area contributed by atoms with Gasteiger partial charge in [-0.2, -0.15) is 0 Å². The molecule has 8 heteroatoms. The standard InChI is InChI=1S/C36H45N3O4S/c1-5-8-23-37(21-6-2)34(43)31-36-20-19-35(4,44-36)29(32(41)38(22-7-3)24-26-15-11-9-12-16-26)30(36)33(42)39(31)28(25-40)27-17-13-10-14-18-27/h6-7,9-18,28-31,40H,2-3,5,8,19-25H2,1,4H3/t28-,29+,30+,31?,35-,36?/m1/s1. The Balaban J connectivity index is 1.60. The fraction of sp³-hybridized carbons (Fsp3) is 0.472. The number of carbonyl (C=O) groups is 3. The number of carbonyl (C=O) groups excluding carboxylic acids is 3. The van der Waals surface area contributed by atoms with Crippen molar-refractivity contribution >= 4 is 29.5 Å². The molecule has 2 bridgehead atoms. The Hall–Kier alpha value is -3.36. The van der Waals surface area contributed by atoms with Gasteiger partial charge in [-0.05, 0) is 37.3 Å². The van der Waals surface area contributed by atoms with Crippen molar-refractivity contribution in [1.82, 2.24) is 14.7 Å². The molecule has 2 unspecified atom stereocenters. The molecule has 3 aliphatic heterocycles. The van der Waals surface area contributed by atoms with Crippen molar-refractivity contribution in [3.05, 3.63) is 97.1 Å². The number of unbranched alkanes of at least 4 members (excludes halogenated alkanes) is 1. The van der Waals surface area contributed by atoms with E-state index < -0.39 is 33.4 Å². The molecule has 0 saturated carbocycles. The topological polar surface area (TPSA) is 81.2 Å². The molecule has 6 atom stereocenters. The average molecular weight is 616 g/mol. The van der Waals surface area contributed by atoms with Crippen LogP contribution in [-0.4, -0.2) is 79.3 Å². The number of aliphatic hydroxyl groups is 1. The van der Waals surface area contributed by atoms with Gasteiger partial charge in [-0.15, -0.1) is 24.9 Å². The van der Waals surface area contributed by atoms with E-state index in [2.05, 4.69) is 27.0 Å². The SMILES string of the molecule is C=CCN(CCCC)C(=O)C1N([C@H](CO)c2ccccc2)C(=O)[C@@H]2[C@@H](C(=O)N(CC=C)Cc3ccccc3)[C@@]3(C)CCC12S3. The van der Waals surface area contributed by atoms with Crippen molar-refractivity contribution in [2.24, 2.45) is 11.8 Å². The van der Waals surface area contributed by atoms with E-state index in [-0.39, 0.29) is 24.3 Å². The molecular formula is C36H45N3O4S. The van der Waals surface area contributed by atoms with Crippen molar-refractivity contribution in [3.63, 3.8) is 0 Å². The van der Waals surface area contributed by atoms with Gasteiger partial charge in [-0.1, -0.05) is 86.2 Å². The molecule has 7 nitrogen and oxygen atoms in total. The maximum Gasteiger partial charge on any atom is 0.247 e. The number of fused-ring (bicyclic) bond motifs is 1. The van der Waals surface area contributed by atoms with Crippen LogP contribution in [0.2, 0.25) is 0 Å². The second-order valence-corrected chi connectivity index (χ2v) is 14.4. The third-order valence-electron chi connectivity index (χ3n) is 9.73. The maximum absolute atomic E-state index is 14.9. The first-order valence-corrected chi connectivity index (χ1v) is 16.6. The second-order valence-electron chi connectivity index (χ2n) is 12.5. The molecule has 0 radical (unpaired) electrons. The highest BCUT2D eigenvalue weighted by atomic mass is 32.2. The summed E-state index contributed by atoms with van der Waals surface area (Å²) in [5, 5.41) is 10.8. The molecular weight excluding hydrogens is 570 g/mol. The lowest BCUT2D eigenvalue weighted by Crippen LogP contribution is -2.56. The molecule has 2 aromatic carbocycles. The zero-order valence-corrected chi connectivity index (χ0v) is 26.8. The lowest BCUT2D eigenvalue weighted by atomic mass is 9.66. The van der Waals surface area contributed by atoms with Gasteiger partial charge in [0.1, 0.15) is 6.04 Å². The van der Waals surface area contributed by atoms with Crippen LogP contribution in [0, 0.1) is 11.8 Å². The maximum atomic E-state index is 14.9. The molecule has 1 N–H and O–H groups in total. The predicted molar refractivity (Wildman–Crippen MR) is 176 cm³/mol. The summed E-state index contributed by atoms with van der Waals surface area (Å²) in [4.78, 5) is 49.5. The average Bonchev–Trinajstić information content (AvgIpc) is 3.60. The summed E-state index contributed by atoms with van der Waals surface area (Å²) in [6.07, 6.45) is 6.61. The molecule has 3 amide bonds. The van der Waals surface area contributed by atoms with Crippen LogP contribution in [0.5, 0.6) is 0 Å². The van der Waals surface area contributed by atoms with Gasteiger partial charge >= 0.3 is 0 Å². The van der Waals surface area contributed by atoms with E-state index in [1.165, 1.54) is 0 Å². The summed E-state index contributed by atoms with van der Waals surface area (Å²) in [7, 11) is 0. The minimum Gasteiger partial charge on any atom is -0.394 e. The number of thioether (sulfide) groups is 1. The van der Waals surface area contributed by atoms with Gasteiger partial charge in [0.05, 0.1) is 29.2 Å². The molecule has 3 saturated heterocycles. The van der Waals surface area contributed by atoms with E-state index in [0.717, 1.165) is 30.4 Å². The highest BCUT2D eigenvalue weighted by molar-refractivity contribution is 8.02. The van der Waals surface area contributed by atoms with E-state index in [1.807, 2.05) is 65.6 Å². The van der Waals surface area contributed by atoms with Crippen LogP contribution in [0.25, 0.3) is 0 Å². The summed E-state index contributed by atoms with van der Waals surface area (Å²) in [5.41, 5.74) is 1.78. The first-order valence-electron chi connectivity index (χ1n) is 15.8. The lowest BCUT2D eigenvalue weighted by Gasteiger charge is -2.39. The normalized spacial score (nSPS) is 27.6. The van der Waals surface area contributed by atoms with Gasteiger partial charge in [0.25, 0.3) is 0 Å². The van der Waals surface area contributed by atoms with Crippen molar-refractivity contribution < 1.29 is 19.5 Å². The van der Waals surface area contributed by atoms with Gasteiger partial charge < -0.3 is 19.8 Å². The summed E-state index contributed by atoms with van der Waals surface area (Å²) < 4.78 is -1.27. The Labute approximate surface area is 266 Å². The first kappa shape index (κ1) is 32.0. The lowest BCUT2D eigenvalue weighted by molar-refractivity contribution is -0.148. The minimum absolute atomic E-state index is 0.0779. The molecule has 0 aliphatic carbocycles. The Bertz CT molecular complexity index is 1370. The van der Waals surface area contributed by atoms with Crippen molar-refractivity contribution in [1.29, 1.82) is 0 Å². The number of benzene rings is 2. The first-order chi connectivity index (χ1) is 21.3. The van der Waals surface area contributed by atoms with Crippen LogP contribution in [0.3, 0.4) is 0 Å². The van der Waals surface area contributed by atoms with Gasteiger partial charge in [0.15, 0.2) is 0 Å². The number of amides is 3. The molecule has 1 spiro atoms. The number of hydrogen-bond acceptors (Lipinski definition) is 5. The van der Waals surface area contributed by atoms with E-state index >= 15 is 0 Å². The number of hydrogen-bond donors (Lipinski definition) is 1. The van der Waals surface area contributed by atoms with E-state index in [0.29, 0.717) is 32.6 Å². The highest BCUT2D eigenvalue weighted by Crippen LogP contribution is 2.72. The van der Waals surface area contributed by atoms with Crippen molar-refractivity contribution in [2.45, 2.75) is 67.7 Å². The predicted octanol–water partition coefficient (Wildman–Crippen LogP) is 5.23. The summed E-state index contributed by atoms with van der Waals surface area (Å²) in [6.45, 7) is 13.4. The number of rotatable bonds is 14. The largest absolute Gasteiger partial charge is 0.394 e. The molecule has 5 rings (SSSR count). The van der Waals surface area contributed by atoms with Crippen LogP contribution in [-0.2, 0) is 20.9 Å². The van der Waals surface area contributed by atoms with Gasteiger partial charge in [0, 0.05) is 30.9 Å². The summed E-state index contributed by atoms with van der Waals surface area (Å²) >= 11 is 1.67. The van der Waals surface area contributed by atoms with Crippen LogP contribution in [0.15, 0.2) is 86.0 Å². The molecule has 2 aromatic rings. The quantitative estimate of drug-likeness (QED) is 0.295. The summed E-state index contributed by atoms with van der Waals surface area (Å²) in [6, 6.07) is 17.8. The van der Waals surface area contributed by atoms with Crippen LogP contribution in [0.1, 0.15) is 56.7 Å². The third-order valence-corrected chi connectivity index (χ3v) is 11.7. The zero-order chi connectivity index (χ0) is 31.5. The fourth-order valence-electron chi connectivity index (χ4n) is 7.74. The second kappa shape index (κ2) is 13.3. The molecule has 3 fully saturated rings. The van der Waals surface area contributed by atoms with Crippen molar-refractivity contribution in [2.75, 3.05) is 26.2 Å². The fourth-order valence-corrected chi connectivity index (χ4v) is 10.1. The Kier molecular flexibility index (Phi) is 9.71. The number of nitrogens with zero attached hydrogens (tertiary/aromatic N) is 3. The van der Waals surface area contributed by atoms with E-state index in [9.17, 15) is 19.5 Å². The molecule has 3 heterocycles. The number of aliphatic hydroxyl groups excluding tert-OH is 1. The molecule has 234 valence electrons.